The number of amides is 1. The van der Waals surface area contributed by atoms with Crippen LogP contribution in [0, 0.1) is 18.2 Å². The summed E-state index contributed by atoms with van der Waals surface area (Å²) in [6, 6.07) is 4.33. The topological polar surface area (TPSA) is 46.3 Å². The number of hydrogen-bond donors (Lipinski definition) is 1. The predicted octanol–water partition coefficient (Wildman–Crippen LogP) is 1.95. The Morgan fingerprint density at radius 1 is 1.56 bits per heavy atom. The van der Waals surface area contributed by atoms with Crippen molar-refractivity contribution in [1.82, 2.24) is 4.90 Å². The van der Waals surface area contributed by atoms with Crippen LogP contribution in [0.5, 0.6) is 0 Å². The van der Waals surface area contributed by atoms with Crippen molar-refractivity contribution in [3.63, 3.8) is 0 Å². The van der Waals surface area contributed by atoms with Crippen LogP contribution in [0.3, 0.4) is 0 Å². The first-order valence-electron chi connectivity index (χ1n) is 6.21. The lowest BCUT2D eigenvalue weighted by atomic mass is 9.90. The van der Waals surface area contributed by atoms with Crippen molar-refractivity contribution >= 4 is 5.91 Å². The van der Waals surface area contributed by atoms with Gasteiger partial charge in [0.15, 0.2) is 0 Å². The number of benzene rings is 1. The molecule has 4 heteroatoms. The number of halogens is 1. The predicted molar refractivity (Wildman–Crippen MR) is 68.8 cm³/mol. The molecule has 3 nitrogen and oxygen atoms in total. The fourth-order valence-electron chi connectivity index (χ4n) is 2.36. The zero-order valence-corrected chi connectivity index (χ0v) is 10.9. The Bertz CT molecular complexity index is 475. The van der Waals surface area contributed by atoms with Crippen LogP contribution in [0.2, 0.25) is 0 Å². The van der Waals surface area contributed by atoms with Gasteiger partial charge in [-0.25, -0.2) is 4.39 Å². The Hall–Kier alpha value is -1.42. The molecule has 0 radical (unpaired) electrons. The van der Waals surface area contributed by atoms with E-state index in [2.05, 4.69) is 6.92 Å². The van der Waals surface area contributed by atoms with Crippen molar-refractivity contribution < 1.29 is 9.18 Å². The average Bonchev–Trinajstić information content (AvgIpc) is 2.75. The highest BCUT2D eigenvalue weighted by molar-refractivity contribution is 5.95. The first kappa shape index (κ1) is 13.0. The minimum Gasteiger partial charge on any atom is -0.338 e. The Morgan fingerprint density at radius 3 is 2.89 bits per heavy atom. The van der Waals surface area contributed by atoms with E-state index in [-0.39, 0.29) is 17.1 Å². The maximum absolute atomic E-state index is 13.2. The van der Waals surface area contributed by atoms with Crippen molar-refractivity contribution in [2.24, 2.45) is 11.1 Å². The Kier molecular flexibility index (Phi) is 3.39. The maximum Gasteiger partial charge on any atom is 0.254 e. The molecule has 1 aliphatic rings. The smallest absolute Gasteiger partial charge is 0.254 e. The summed E-state index contributed by atoms with van der Waals surface area (Å²) in [4.78, 5) is 14.1. The number of carbonyl (C=O) groups excluding carboxylic acids is 1. The molecular weight excluding hydrogens is 231 g/mol. The fourth-order valence-corrected chi connectivity index (χ4v) is 2.36. The van der Waals surface area contributed by atoms with Crippen molar-refractivity contribution in [2.75, 3.05) is 19.6 Å². The normalized spacial score (nSPS) is 23.4. The van der Waals surface area contributed by atoms with E-state index in [1.54, 1.807) is 11.0 Å². The van der Waals surface area contributed by atoms with E-state index in [1.165, 1.54) is 12.1 Å². The SMILES string of the molecule is Cc1ccc(F)cc1C(=O)N1CCC(C)(CN)C1. The van der Waals surface area contributed by atoms with Gasteiger partial charge in [-0.3, -0.25) is 4.79 Å². The molecule has 98 valence electrons. The third-order valence-electron chi connectivity index (χ3n) is 3.77. The van der Waals surface area contributed by atoms with Crippen molar-refractivity contribution in [3.05, 3.63) is 35.1 Å². The van der Waals surface area contributed by atoms with Gasteiger partial charge in [0.05, 0.1) is 0 Å². The third kappa shape index (κ3) is 2.38. The van der Waals surface area contributed by atoms with E-state index in [9.17, 15) is 9.18 Å². The molecular formula is C14H19FN2O. The molecule has 0 bridgehead atoms. The number of aryl methyl sites for hydroxylation is 1. The molecule has 0 spiro atoms. The van der Waals surface area contributed by atoms with Crippen LogP contribution in [0.25, 0.3) is 0 Å². The molecule has 1 aromatic carbocycles. The molecule has 2 rings (SSSR count). The summed E-state index contributed by atoms with van der Waals surface area (Å²) in [6.07, 6.45) is 0.906. The molecule has 18 heavy (non-hydrogen) atoms. The van der Waals surface area contributed by atoms with Crippen molar-refractivity contribution in [1.29, 1.82) is 0 Å². The van der Waals surface area contributed by atoms with Crippen LogP contribution in [-0.4, -0.2) is 30.4 Å². The first-order chi connectivity index (χ1) is 8.45. The van der Waals surface area contributed by atoms with Crippen LogP contribution in [-0.2, 0) is 0 Å². The number of nitrogens with two attached hydrogens (primary N) is 1. The highest BCUT2D eigenvalue weighted by Crippen LogP contribution is 2.29. The van der Waals surface area contributed by atoms with E-state index in [1.807, 2.05) is 6.92 Å². The van der Waals surface area contributed by atoms with E-state index in [0.29, 0.717) is 25.2 Å². The van der Waals surface area contributed by atoms with Gasteiger partial charge in [-0.15, -0.1) is 0 Å². The summed E-state index contributed by atoms with van der Waals surface area (Å²) < 4.78 is 13.2. The van der Waals surface area contributed by atoms with Crippen LogP contribution in [0.4, 0.5) is 4.39 Å². The molecule has 1 amide bonds. The molecule has 1 heterocycles. The Balaban J connectivity index is 2.20. The van der Waals surface area contributed by atoms with E-state index >= 15 is 0 Å². The lowest BCUT2D eigenvalue weighted by Crippen LogP contribution is -2.34. The summed E-state index contributed by atoms with van der Waals surface area (Å²) in [5.74, 6) is -0.464. The van der Waals surface area contributed by atoms with Gasteiger partial charge in [0, 0.05) is 18.7 Å². The van der Waals surface area contributed by atoms with Crippen LogP contribution >= 0.6 is 0 Å². The Morgan fingerprint density at radius 2 is 2.28 bits per heavy atom. The molecule has 1 aromatic rings. The molecule has 2 N–H and O–H groups in total. The third-order valence-corrected chi connectivity index (χ3v) is 3.77. The van der Waals surface area contributed by atoms with Gasteiger partial charge >= 0.3 is 0 Å². The number of nitrogens with zero attached hydrogens (tertiary/aromatic N) is 1. The van der Waals surface area contributed by atoms with Gasteiger partial charge in [-0.2, -0.15) is 0 Å². The van der Waals surface area contributed by atoms with Gasteiger partial charge in [-0.1, -0.05) is 13.0 Å². The van der Waals surface area contributed by atoms with Gasteiger partial charge in [-0.05, 0) is 43.0 Å². The molecule has 1 aliphatic heterocycles. The monoisotopic (exact) mass is 250 g/mol. The molecule has 0 aliphatic carbocycles. The minimum atomic E-state index is -0.371. The first-order valence-corrected chi connectivity index (χ1v) is 6.21. The zero-order valence-electron chi connectivity index (χ0n) is 10.9. The second-order valence-corrected chi connectivity index (χ2v) is 5.45. The lowest BCUT2D eigenvalue weighted by Gasteiger charge is -2.23. The van der Waals surface area contributed by atoms with Crippen LogP contribution in [0.1, 0.15) is 29.3 Å². The fraction of sp³-hybridized carbons (Fsp3) is 0.500. The van der Waals surface area contributed by atoms with Gasteiger partial charge in [0.1, 0.15) is 5.82 Å². The highest BCUT2D eigenvalue weighted by Gasteiger charge is 2.35. The molecule has 1 saturated heterocycles. The standard InChI is InChI=1S/C14H19FN2O/c1-10-3-4-11(15)7-12(10)13(18)17-6-5-14(2,8-16)9-17/h3-4,7H,5-6,8-9,16H2,1-2H3. The summed E-state index contributed by atoms with van der Waals surface area (Å²) >= 11 is 0. The largest absolute Gasteiger partial charge is 0.338 e. The molecule has 1 fully saturated rings. The van der Waals surface area contributed by atoms with Crippen LogP contribution in [0.15, 0.2) is 18.2 Å². The quantitative estimate of drug-likeness (QED) is 0.872. The number of carbonyl (C=O) groups is 1. The average molecular weight is 250 g/mol. The highest BCUT2D eigenvalue weighted by atomic mass is 19.1. The lowest BCUT2D eigenvalue weighted by molar-refractivity contribution is 0.0775. The summed E-state index contributed by atoms with van der Waals surface area (Å²) in [5.41, 5.74) is 6.99. The van der Waals surface area contributed by atoms with Crippen molar-refractivity contribution in [2.45, 2.75) is 20.3 Å². The second-order valence-electron chi connectivity index (χ2n) is 5.45. The van der Waals surface area contributed by atoms with Gasteiger partial charge in [0.2, 0.25) is 0 Å². The van der Waals surface area contributed by atoms with E-state index < -0.39 is 0 Å². The number of likely N-dealkylation sites (tertiary alicyclic amines) is 1. The maximum atomic E-state index is 13.2. The number of rotatable bonds is 2. The molecule has 0 aromatic heterocycles. The Labute approximate surface area is 107 Å². The molecule has 1 unspecified atom stereocenters. The van der Waals surface area contributed by atoms with Crippen LogP contribution < -0.4 is 5.73 Å². The molecule has 0 saturated carbocycles. The summed E-state index contributed by atoms with van der Waals surface area (Å²) in [6.45, 7) is 5.82. The van der Waals surface area contributed by atoms with Crippen molar-refractivity contribution in [3.8, 4) is 0 Å². The van der Waals surface area contributed by atoms with Gasteiger partial charge < -0.3 is 10.6 Å². The van der Waals surface area contributed by atoms with E-state index in [4.69, 9.17) is 5.73 Å². The number of hydrogen-bond acceptors (Lipinski definition) is 2. The molecule has 1 atom stereocenters. The minimum absolute atomic E-state index is 0.00309. The zero-order chi connectivity index (χ0) is 13.3. The summed E-state index contributed by atoms with van der Waals surface area (Å²) in [7, 11) is 0. The van der Waals surface area contributed by atoms with E-state index in [0.717, 1.165) is 12.0 Å². The summed E-state index contributed by atoms with van der Waals surface area (Å²) in [5, 5.41) is 0. The second kappa shape index (κ2) is 4.69. The van der Waals surface area contributed by atoms with Gasteiger partial charge in [0.25, 0.3) is 5.91 Å².